The first-order valence-electron chi connectivity index (χ1n) is 7.61. The summed E-state index contributed by atoms with van der Waals surface area (Å²) in [5.74, 6) is 0.0582. The highest BCUT2D eigenvalue weighted by molar-refractivity contribution is 5.85. The van der Waals surface area contributed by atoms with Gasteiger partial charge in [-0.15, -0.1) is 12.4 Å². The number of piperidine rings is 1. The maximum absolute atomic E-state index is 12.4. The minimum Gasteiger partial charge on any atom is -0.368 e. The van der Waals surface area contributed by atoms with Crippen LogP contribution in [0.5, 0.6) is 0 Å². The molecular weight excluding hydrogens is 294 g/mol. The van der Waals surface area contributed by atoms with E-state index in [1.807, 2.05) is 4.90 Å². The Morgan fingerprint density at radius 3 is 2.71 bits per heavy atom. The van der Waals surface area contributed by atoms with E-state index in [1.54, 1.807) is 0 Å². The molecule has 0 bridgehead atoms. The van der Waals surface area contributed by atoms with Gasteiger partial charge in [-0.2, -0.15) is 0 Å². The number of likely N-dealkylation sites (tertiary alicyclic amines) is 1. The van der Waals surface area contributed by atoms with Crippen LogP contribution in [0.1, 0.15) is 38.5 Å². The van der Waals surface area contributed by atoms with Crippen molar-refractivity contribution in [3.8, 4) is 0 Å². The van der Waals surface area contributed by atoms with Crippen LogP contribution in [0, 0.1) is 0 Å². The van der Waals surface area contributed by atoms with Crippen LogP contribution in [0.3, 0.4) is 0 Å². The molecule has 2 amide bonds. The van der Waals surface area contributed by atoms with Crippen LogP contribution in [0.15, 0.2) is 0 Å². The molecule has 2 heterocycles. The number of hydrogen-bond donors (Lipinski definition) is 2. The summed E-state index contributed by atoms with van der Waals surface area (Å²) in [5.41, 5.74) is 5.35. The first kappa shape index (κ1) is 18.2. The van der Waals surface area contributed by atoms with E-state index in [0.29, 0.717) is 26.1 Å². The van der Waals surface area contributed by atoms with E-state index in [9.17, 15) is 9.59 Å². The van der Waals surface area contributed by atoms with Crippen LogP contribution < -0.4 is 11.1 Å². The van der Waals surface area contributed by atoms with Crippen molar-refractivity contribution in [3.05, 3.63) is 0 Å². The van der Waals surface area contributed by atoms with Gasteiger partial charge in [0.25, 0.3) is 5.91 Å². The van der Waals surface area contributed by atoms with Crippen molar-refractivity contribution in [2.24, 2.45) is 5.73 Å². The van der Waals surface area contributed by atoms with Crippen molar-refractivity contribution in [2.45, 2.75) is 50.7 Å². The highest BCUT2D eigenvalue weighted by Crippen LogP contribution is 2.21. The number of rotatable bonds is 5. The summed E-state index contributed by atoms with van der Waals surface area (Å²) in [6.45, 7) is 2.34. The fourth-order valence-electron chi connectivity index (χ4n) is 2.91. The molecule has 2 fully saturated rings. The zero-order valence-electron chi connectivity index (χ0n) is 12.4. The van der Waals surface area contributed by atoms with Crippen LogP contribution in [-0.4, -0.2) is 55.1 Å². The standard InChI is InChI=1S/C14H25N3O3.ClH/c15-7-6-13(18)16-10-11-4-1-2-8-17(11)14(19)12-5-3-9-20-12;/h11-12H,1-10,15H2,(H,16,18);1H. The number of carbonyl (C=O) groups excluding carboxylic acids is 2. The lowest BCUT2D eigenvalue weighted by atomic mass is 10.0. The summed E-state index contributed by atoms with van der Waals surface area (Å²) < 4.78 is 5.49. The third-order valence-electron chi connectivity index (χ3n) is 4.02. The average molecular weight is 320 g/mol. The molecule has 3 N–H and O–H groups in total. The van der Waals surface area contributed by atoms with Crippen molar-refractivity contribution >= 4 is 24.2 Å². The van der Waals surface area contributed by atoms with Gasteiger partial charge in [-0.3, -0.25) is 9.59 Å². The van der Waals surface area contributed by atoms with Gasteiger partial charge in [0.05, 0.1) is 0 Å². The highest BCUT2D eigenvalue weighted by atomic mass is 35.5. The molecule has 2 rings (SSSR count). The van der Waals surface area contributed by atoms with Gasteiger partial charge in [-0.1, -0.05) is 0 Å². The zero-order valence-corrected chi connectivity index (χ0v) is 13.2. The number of nitrogens with zero attached hydrogens (tertiary/aromatic N) is 1. The maximum Gasteiger partial charge on any atom is 0.252 e. The monoisotopic (exact) mass is 319 g/mol. The van der Waals surface area contributed by atoms with Crippen molar-refractivity contribution in [2.75, 3.05) is 26.2 Å². The third kappa shape index (κ3) is 5.13. The fourth-order valence-corrected chi connectivity index (χ4v) is 2.91. The summed E-state index contributed by atoms with van der Waals surface area (Å²) in [4.78, 5) is 25.9. The van der Waals surface area contributed by atoms with Crippen LogP contribution in [0.2, 0.25) is 0 Å². The molecule has 2 unspecified atom stereocenters. The molecular formula is C14H26ClN3O3. The first-order valence-corrected chi connectivity index (χ1v) is 7.61. The van der Waals surface area contributed by atoms with Gasteiger partial charge >= 0.3 is 0 Å². The molecule has 2 aliphatic heterocycles. The number of carbonyl (C=O) groups is 2. The summed E-state index contributed by atoms with van der Waals surface area (Å²) in [6.07, 6.45) is 4.94. The SMILES string of the molecule is Cl.NCCC(=O)NCC1CCCCN1C(=O)C1CCCO1. The van der Waals surface area contributed by atoms with Gasteiger partial charge in [-0.25, -0.2) is 0 Å². The number of hydrogen-bond acceptors (Lipinski definition) is 4. The number of ether oxygens (including phenoxy) is 1. The van der Waals surface area contributed by atoms with Crippen LogP contribution >= 0.6 is 12.4 Å². The fraction of sp³-hybridized carbons (Fsp3) is 0.857. The Morgan fingerprint density at radius 2 is 2.05 bits per heavy atom. The largest absolute Gasteiger partial charge is 0.368 e. The Balaban J connectivity index is 0.00000220. The molecule has 0 saturated carbocycles. The number of halogens is 1. The molecule has 2 aliphatic rings. The molecule has 122 valence electrons. The topological polar surface area (TPSA) is 84.7 Å². The molecule has 21 heavy (non-hydrogen) atoms. The summed E-state index contributed by atoms with van der Waals surface area (Å²) in [5, 5.41) is 2.88. The van der Waals surface area contributed by atoms with Crippen LogP contribution in [0.25, 0.3) is 0 Å². The van der Waals surface area contributed by atoms with E-state index < -0.39 is 0 Å². The lowest BCUT2D eigenvalue weighted by molar-refractivity contribution is -0.145. The van der Waals surface area contributed by atoms with Gasteiger partial charge in [-0.05, 0) is 32.1 Å². The Morgan fingerprint density at radius 1 is 1.24 bits per heavy atom. The summed E-state index contributed by atoms with van der Waals surface area (Å²) in [6, 6.07) is 0.0992. The molecule has 0 spiro atoms. The summed E-state index contributed by atoms with van der Waals surface area (Å²) >= 11 is 0. The van der Waals surface area contributed by atoms with Crippen molar-refractivity contribution in [3.63, 3.8) is 0 Å². The van der Waals surface area contributed by atoms with Crippen LogP contribution in [0.4, 0.5) is 0 Å². The summed E-state index contributed by atoms with van der Waals surface area (Å²) in [7, 11) is 0. The van der Waals surface area contributed by atoms with Gasteiger partial charge < -0.3 is 20.7 Å². The van der Waals surface area contributed by atoms with E-state index in [-0.39, 0.29) is 36.4 Å². The number of nitrogens with one attached hydrogen (secondary N) is 1. The molecule has 7 heteroatoms. The molecule has 0 aromatic heterocycles. The van der Waals surface area contributed by atoms with E-state index in [4.69, 9.17) is 10.5 Å². The molecule has 0 radical (unpaired) electrons. The molecule has 0 aromatic rings. The Kier molecular flexibility index (Phi) is 8.00. The quantitative estimate of drug-likeness (QED) is 0.770. The highest BCUT2D eigenvalue weighted by Gasteiger charge is 2.33. The van der Waals surface area contributed by atoms with Gasteiger partial charge in [0.2, 0.25) is 5.91 Å². The first-order chi connectivity index (χ1) is 9.72. The lowest BCUT2D eigenvalue weighted by Crippen LogP contribution is -2.52. The second-order valence-electron chi connectivity index (χ2n) is 5.53. The van der Waals surface area contributed by atoms with E-state index >= 15 is 0 Å². The molecule has 2 atom stereocenters. The maximum atomic E-state index is 12.4. The van der Waals surface area contributed by atoms with E-state index in [1.165, 1.54) is 0 Å². The predicted octanol–water partition coefficient (Wildman–Crippen LogP) is 0.433. The van der Waals surface area contributed by atoms with Crippen molar-refractivity contribution in [1.82, 2.24) is 10.2 Å². The smallest absolute Gasteiger partial charge is 0.252 e. The number of amides is 2. The van der Waals surface area contributed by atoms with Crippen molar-refractivity contribution < 1.29 is 14.3 Å². The Labute approximate surface area is 132 Å². The minimum absolute atomic E-state index is 0. The lowest BCUT2D eigenvalue weighted by Gasteiger charge is -2.37. The minimum atomic E-state index is -0.268. The zero-order chi connectivity index (χ0) is 14.4. The predicted molar refractivity (Wildman–Crippen MR) is 82.3 cm³/mol. The second-order valence-corrected chi connectivity index (χ2v) is 5.53. The van der Waals surface area contributed by atoms with Gasteiger partial charge in [0.1, 0.15) is 6.10 Å². The Hall–Kier alpha value is -0.850. The van der Waals surface area contributed by atoms with Gasteiger partial charge in [0, 0.05) is 38.7 Å². The average Bonchev–Trinajstić information content (AvgIpc) is 2.99. The normalized spacial score (nSPS) is 25.3. The molecule has 2 saturated heterocycles. The van der Waals surface area contributed by atoms with Crippen LogP contribution in [-0.2, 0) is 14.3 Å². The molecule has 6 nitrogen and oxygen atoms in total. The molecule has 0 aromatic carbocycles. The van der Waals surface area contributed by atoms with Crippen molar-refractivity contribution in [1.29, 1.82) is 0 Å². The Bertz CT molecular complexity index is 348. The third-order valence-corrected chi connectivity index (χ3v) is 4.02. The van der Waals surface area contributed by atoms with Gasteiger partial charge in [0.15, 0.2) is 0 Å². The van der Waals surface area contributed by atoms with E-state index in [2.05, 4.69) is 5.32 Å². The number of nitrogens with two attached hydrogens (primary N) is 1. The second kappa shape index (κ2) is 9.23. The van der Waals surface area contributed by atoms with E-state index in [0.717, 1.165) is 38.6 Å². The molecule has 0 aliphatic carbocycles.